The number of hydrogen-bond acceptors (Lipinski definition) is 3. The maximum absolute atomic E-state index is 11.8. The Kier molecular flexibility index (Phi) is 4.06. The van der Waals surface area contributed by atoms with Crippen molar-refractivity contribution in [3.63, 3.8) is 0 Å². The quantitative estimate of drug-likeness (QED) is 0.772. The van der Waals surface area contributed by atoms with E-state index in [1.165, 1.54) is 0 Å². The lowest BCUT2D eigenvalue weighted by Crippen LogP contribution is -2.49. The summed E-state index contributed by atoms with van der Waals surface area (Å²) in [4.78, 5) is 15.7. The van der Waals surface area contributed by atoms with E-state index < -0.39 is 0 Å². The Bertz CT molecular complexity index is 355. The molecule has 0 saturated heterocycles. The van der Waals surface area contributed by atoms with Gasteiger partial charge in [0, 0.05) is 19.1 Å². The van der Waals surface area contributed by atoms with Crippen LogP contribution in [0.3, 0.4) is 0 Å². The van der Waals surface area contributed by atoms with Crippen LogP contribution in [-0.4, -0.2) is 27.5 Å². The van der Waals surface area contributed by atoms with Gasteiger partial charge in [-0.25, -0.2) is 4.98 Å². The van der Waals surface area contributed by atoms with Crippen molar-refractivity contribution >= 4 is 5.91 Å². The van der Waals surface area contributed by atoms with Crippen molar-refractivity contribution in [2.75, 3.05) is 6.54 Å². The van der Waals surface area contributed by atoms with E-state index in [9.17, 15) is 4.79 Å². The Hall–Kier alpha value is -1.36. The van der Waals surface area contributed by atoms with Gasteiger partial charge in [0.05, 0.1) is 12.5 Å². The fourth-order valence-electron chi connectivity index (χ4n) is 1.42. The average molecular weight is 224 g/mol. The minimum absolute atomic E-state index is 0.128. The molecule has 16 heavy (non-hydrogen) atoms. The van der Waals surface area contributed by atoms with Crippen LogP contribution in [0.2, 0.25) is 0 Å². The first kappa shape index (κ1) is 12.7. The molecule has 0 saturated carbocycles. The third-order valence-corrected chi connectivity index (χ3v) is 3.06. The first-order chi connectivity index (χ1) is 7.52. The summed E-state index contributed by atoms with van der Waals surface area (Å²) in [7, 11) is 1.79. The zero-order valence-electron chi connectivity index (χ0n) is 10.2. The second kappa shape index (κ2) is 5.12. The number of amides is 1. The molecule has 0 aliphatic rings. The minimum Gasteiger partial charge on any atom is -0.349 e. The van der Waals surface area contributed by atoms with Gasteiger partial charge in [-0.15, -0.1) is 0 Å². The van der Waals surface area contributed by atoms with Crippen molar-refractivity contribution in [2.45, 2.75) is 32.2 Å². The number of carbonyl (C=O) groups excluding carboxylic acids is 1. The van der Waals surface area contributed by atoms with Gasteiger partial charge in [-0.1, -0.05) is 13.8 Å². The Balaban J connectivity index is 2.57. The van der Waals surface area contributed by atoms with Crippen LogP contribution in [0.25, 0.3) is 0 Å². The molecule has 0 aromatic carbocycles. The van der Waals surface area contributed by atoms with Crippen LogP contribution in [-0.2, 0) is 7.05 Å². The zero-order chi connectivity index (χ0) is 12.2. The fraction of sp³-hybridized carbons (Fsp3) is 0.636. The van der Waals surface area contributed by atoms with Crippen LogP contribution in [0, 0.1) is 0 Å². The normalized spacial score (nSPS) is 11.5. The molecule has 0 atom stereocenters. The molecule has 0 aliphatic heterocycles. The van der Waals surface area contributed by atoms with E-state index in [-0.39, 0.29) is 11.4 Å². The van der Waals surface area contributed by atoms with Crippen molar-refractivity contribution in [1.82, 2.24) is 14.9 Å². The summed E-state index contributed by atoms with van der Waals surface area (Å²) in [6.07, 6.45) is 4.83. The SMILES string of the molecule is CCC(N)(CC)CNC(=O)c1cncn1C. The van der Waals surface area contributed by atoms with Gasteiger partial charge in [-0.3, -0.25) is 4.79 Å². The Morgan fingerprint density at radius 2 is 2.19 bits per heavy atom. The van der Waals surface area contributed by atoms with Crippen molar-refractivity contribution in [3.05, 3.63) is 18.2 Å². The first-order valence-electron chi connectivity index (χ1n) is 5.56. The highest BCUT2D eigenvalue weighted by Crippen LogP contribution is 2.09. The second-order valence-electron chi connectivity index (χ2n) is 4.14. The van der Waals surface area contributed by atoms with E-state index in [1.54, 1.807) is 24.1 Å². The molecular formula is C11H20N4O. The highest BCUT2D eigenvalue weighted by atomic mass is 16.1. The van der Waals surface area contributed by atoms with E-state index in [2.05, 4.69) is 10.3 Å². The number of nitrogens with one attached hydrogen (secondary N) is 1. The van der Waals surface area contributed by atoms with Crippen molar-refractivity contribution in [3.8, 4) is 0 Å². The summed E-state index contributed by atoms with van der Waals surface area (Å²) >= 11 is 0. The summed E-state index contributed by atoms with van der Waals surface area (Å²) in [6, 6.07) is 0. The highest BCUT2D eigenvalue weighted by Gasteiger charge is 2.21. The maximum Gasteiger partial charge on any atom is 0.269 e. The van der Waals surface area contributed by atoms with Gasteiger partial charge in [0.1, 0.15) is 5.69 Å². The van der Waals surface area contributed by atoms with Crippen LogP contribution in [0.1, 0.15) is 37.2 Å². The molecule has 1 amide bonds. The molecule has 3 N–H and O–H groups in total. The second-order valence-corrected chi connectivity index (χ2v) is 4.14. The van der Waals surface area contributed by atoms with Crippen molar-refractivity contribution in [2.24, 2.45) is 12.8 Å². The summed E-state index contributed by atoms with van der Waals surface area (Å²) < 4.78 is 1.69. The Labute approximate surface area is 96.0 Å². The lowest BCUT2D eigenvalue weighted by molar-refractivity contribution is 0.0934. The number of imidazole rings is 1. The number of hydrogen-bond donors (Lipinski definition) is 2. The third-order valence-electron chi connectivity index (χ3n) is 3.06. The van der Waals surface area contributed by atoms with Gasteiger partial charge >= 0.3 is 0 Å². The molecule has 5 heteroatoms. The Morgan fingerprint density at radius 1 is 1.56 bits per heavy atom. The summed E-state index contributed by atoms with van der Waals surface area (Å²) in [5, 5.41) is 2.84. The topological polar surface area (TPSA) is 72.9 Å². The number of aromatic nitrogens is 2. The average Bonchev–Trinajstić information content (AvgIpc) is 2.72. The number of rotatable bonds is 5. The van der Waals surface area contributed by atoms with Gasteiger partial charge < -0.3 is 15.6 Å². The van der Waals surface area contributed by atoms with Crippen molar-refractivity contribution < 1.29 is 4.79 Å². The van der Waals surface area contributed by atoms with Gasteiger partial charge in [0.25, 0.3) is 5.91 Å². The molecule has 1 aromatic heterocycles. The lowest BCUT2D eigenvalue weighted by Gasteiger charge is -2.26. The molecule has 1 rings (SSSR count). The van der Waals surface area contributed by atoms with Crippen LogP contribution < -0.4 is 11.1 Å². The standard InChI is InChI=1S/C11H20N4O/c1-4-11(12,5-2)7-14-10(16)9-6-13-8-15(9)3/h6,8H,4-5,7,12H2,1-3H3,(H,14,16). The van der Waals surface area contributed by atoms with E-state index in [0.29, 0.717) is 12.2 Å². The van der Waals surface area contributed by atoms with Gasteiger partial charge in [0.2, 0.25) is 0 Å². The first-order valence-corrected chi connectivity index (χ1v) is 5.56. The molecule has 1 heterocycles. The molecule has 0 spiro atoms. The lowest BCUT2D eigenvalue weighted by atomic mass is 9.94. The zero-order valence-corrected chi connectivity index (χ0v) is 10.2. The Morgan fingerprint density at radius 3 is 2.62 bits per heavy atom. The maximum atomic E-state index is 11.8. The number of aryl methyl sites for hydroxylation is 1. The van der Waals surface area contributed by atoms with Crippen LogP contribution in [0.15, 0.2) is 12.5 Å². The molecule has 5 nitrogen and oxygen atoms in total. The molecule has 90 valence electrons. The summed E-state index contributed by atoms with van der Waals surface area (Å²) in [5.74, 6) is -0.128. The molecule has 1 aromatic rings. The van der Waals surface area contributed by atoms with Gasteiger partial charge in [-0.2, -0.15) is 0 Å². The van der Waals surface area contributed by atoms with E-state index in [1.807, 2.05) is 13.8 Å². The predicted octanol–water partition coefficient (Wildman–Crippen LogP) is 0.667. The number of nitrogens with zero attached hydrogens (tertiary/aromatic N) is 2. The summed E-state index contributed by atoms with van der Waals surface area (Å²) in [5.41, 5.74) is 6.34. The number of carbonyl (C=O) groups is 1. The molecule has 0 unspecified atom stereocenters. The minimum atomic E-state index is -0.311. The summed E-state index contributed by atoms with van der Waals surface area (Å²) in [6.45, 7) is 4.55. The van der Waals surface area contributed by atoms with E-state index in [0.717, 1.165) is 12.8 Å². The molecule has 0 radical (unpaired) electrons. The fourth-order valence-corrected chi connectivity index (χ4v) is 1.42. The smallest absolute Gasteiger partial charge is 0.269 e. The van der Waals surface area contributed by atoms with Crippen LogP contribution >= 0.6 is 0 Å². The molecular weight excluding hydrogens is 204 g/mol. The number of nitrogens with two attached hydrogens (primary N) is 1. The molecule has 0 fully saturated rings. The van der Waals surface area contributed by atoms with Crippen LogP contribution in [0.4, 0.5) is 0 Å². The molecule has 0 bridgehead atoms. The van der Waals surface area contributed by atoms with Crippen LogP contribution in [0.5, 0.6) is 0 Å². The monoisotopic (exact) mass is 224 g/mol. The molecule has 0 aliphatic carbocycles. The largest absolute Gasteiger partial charge is 0.349 e. The van der Waals surface area contributed by atoms with Gasteiger partial charge in [-0.05, 0) is 12.8 Å². The highest BCUT2D eigenvalue weighted by molar-refractivity contribution is 5.92. The predicted molar refractivity (Wildman–Crippen MR) is 63.0 cm³/mol. The third kappa shape index (κ3) is 2.82. The van der Waals surface area contributed by atoms with E-state index in [4.69, 9.17) is 5.73 Å². The van der Waals surface area contributed by atoms with E-state index >= 15 is 0 Å². The van der Waals surface area contributed by atoms with Crippen molar-refractivity contribution in [1.29, 1.82) is 0 Å². The van der Waals surface area contributed by atoms with Gasteiger partial charge in [0.15, 0.2) is 0 Å².